The van der Waals surface area contributed by atoms with Crippen molar-refractivity contribution in [2.45, 2.75) is 13.8 Å². The smallest absolute Gasteiger partial charge is 0.326 e. The van der Waals surface area contributed by atoms with E-state index in [1.807, 2.05) is 13.8 Å². The first-order valence-electron chi connectivity index (χ1n) is 6.74. The fourth-order valence-electron chi connectivity index (χ4n) is 1.75. The van der Waals surface area contributed by atoms with Crippen molar-refractivity contribution in [1.29, 1.82) is 0 Å². The highest BCUT2D eigenvalue weighted by atomic mass is 16.5. The number of ether oxygens (including phenoxy) is 2. The molecule has 2 N–H and O–H groups in total. The molecule has 0 fully saturated rings. The Bertz CT molecular complexity index is 581. The number of hydrogen-bond acceptors (Lipinski definition) is 4. The summed E-state index contributed by atoms with van der Waals surface area (Å²) < 4.78 is 16.0. The van der Waals surface area contributed by atoms with Crippen LogP contribution >= 0.6 is 0 Å². The van der Waals surface area contributed by atoms with Crippen LogP contribution in [0.15, 0.2) is 41.0 Å². The molecular weight excluding hydrogens is 272 g/mol. The summed E-state index contributed by atoms with van der Waals surface area (Å²) in [5.41, 5.74) is 0.603. The number of nitrogens with one attached hydrogen (secondary N) is 2. The number of anilines is 2. The van der Waals surface area contributed by atoms with Crippen LogP contribution in [0.2, 0.25) is 0 Å². The number of benzene rings is 1. The predicted octanol–water partition coefficient (Wildman–Crippen LogP) is 3.72. The Balaban J connectivity index is 2.05. The van der Waals surface area contributed by atoms with E-state index in [0.717, 1.165) is 0 Å². The van der Waals surface area contributed by atoms with Gasteiger partial charge in [0.15, 0.2) is 11.5 Å². The molecule has 6 nitrogen and oxygen atoms in total. The molecule has 1 aromatic carbocycles. The van der Waals surface area contributed by atoms with Gasteiger partial charge in [0.1, 0.15) is 0 Å². The lowest BCUT2D eigenvalue weighted by atomic mass is 10.2. The molecule has 0 atom stereocenters. The van der Waals surface area contributed by atoms with Crippen LogP contribution in [0.1, 0.15) is 13.8 Å². The van der Waals surface area contributed by atoms with Gasteiger partial charge < -0.3 is 19.2 Å². The average Bonchev–Trinajstić information content (AvgIpc) is 2.95. The van der Waals surface area contributed by atoms with E-state index in [1.165, 1.54) is 6.26 Å². The molecule has 0 spiro atoms. The van der Waals surface area contributed by atoms with E-state index in [0.29, 0.717) is 36.3 Å². The lowest BCUT2D eigenvalue weighted by Crippen LogP contribution is -2.19. The van der Waals surface area contributed by atoms with E-state index in [2.05, 4.69) is 10.6 Å². The van der Waals surface area contributed by atoms with Crippen molar-refractivity contribution in [2.24, 2.45) is 0 Å². The van der Waals surface area contributed by atoms with Gasteiger partial charge >= 0.3 is 6.03 Å². The zero-order chi connectivity index (χ0) is 15.1. The third kappa shape index (κ3) is 4.17. The van der Waals surface area contributed by atoms with E-state index in [-0.39, 0.29) is 0 Å². The van der Waals surface area contributed by atoms with Gasteiger partial charge in [-0.3, -0.25) is 5.32 Å². The minimum atomic E-state index is -0.392. The summed E-state index contributed by atoms with van der Waals surface area (Å²) in [5.74, 6) is 1.62. The zero-order valence-corrected chi connectivity index (χ0v) is 12.0. The molecule has 0 unspecified atom stereocenters. The SMILES string of the molecule is CCOc1ccc(NC(=O)Nc2ccco2)cc1OCC. The number of carbonyl (C=O) groups excluding carboxylic acids is 1. The number of carbonyl (C=O) groups is 1. The predicted molar refractivity (Wildman–Crippen MR) is 80.1 cm³/mol. The molecule has 0 saturated carbocycles. The monoisotopic (exact) mass is 290 g/mol. The van der Waals surface area contributed by atoms with Gasteiger partial charge in [0.05, 0.1) is 19.5 Å². The van der Waals surface area contributed by atoms with E-state index in [4.69, 9.17) is 13.9 Å². The lowest BCUT2D eigenvalue weighted by Gasteiger charge is -2.13. The van der Waals surface area contributed by atoms with Crippen LogP contribution in [0.5, 0.6) is 11.5 Å². The summed E-state index contributed by atoms with van der Waals surface area (Å²) in [4.78, 5) is 11.8. The third-order valence-electron chi connectivity index (χ3n) is 2.56. The summed E-state index contributed by atoms with van der Waals surface area (Å²) in [6.45, 7) is 4.85. The molecule has 0 bridgehead atoms. The van der Waals surface area contributed by atoms with Gasteiger partial charge in [-0.05, 0) is 32.0 Å². The normalized spacial score (nSPS) is 10.0. The lowest BCUT2D eigenvalue weighted by molar-refractivity contribution is 0.261. The van der Waals surface area contributed by atoms with Crippen LogP contribution < -0.4 is 20.1 Å². The highest BCUT2D eigenvalue weighted by Crippen LogP contribution is 2.30. The van der Waals surface area contributed by atoms with E-state index in [9.17, 15) is 4.79 Å². The summed E-state index contributed by atoms with van der Waals surface area (Å²) >= 11 is 0. The topological polar surface area (TPSA) is 72.7 Å². The van der Waals surface area contributed by atoms with Gasteiger partial charge in [-0.15, -0.1) is 0 Å². The molecule has 2 aromatic rings. The first-order valence-corrected chi connectivity index (χ1v) is 6.74. The molecule has 0 aliphatic carbocycles. The van der Waals surface area contributed by atoms with Crippen LogP contribution in [0.4, 0.5) is 16.4 Å². The highest BCUT2D eigenvalue weighted by Gasteiger charge is 2.09. The largest absolute Gasteiger partial charge is 0.490 e. The van der Waals surface area contributed by atoms with E-state index in [1.54, 1.807) is 30.3 Å². The zero-order valence-electron chi connectivity index (χ0n) is 12.0. The second-order valence-corrected chi connectivity index (χ2v) is 4.08. The van der Waals surface area contributed by atoms with Crippen molar-refractivity contribution >= 4 is 17.6 Å². The van der Waals surface area contributed by atoms with Crippen LogP contribution in [0, 0.1) is 0 Å². The molecule has 0 aliphatic heterocycles. The molecule has 0 saturated heterocycles. The van der Waals surface area contributed by atoms with Crippen LogP contribution in [-0.4, -0.2) is 19.2 Å². The Morgan fingerprint density at radius 1 is 1.10 bits per heavy atom. The molecule has 112 valence electrons. The van der Waals surface area contributed by atoms with Crippen LogP contribution in [-0.2, 0) is 0 Å². The molecule has 6 heteroatoms. The second kappa shape index (κ2) is 7.23. The maximum absolute atomic E-state index is 11.8. The van der Waals surface area contributed by atoms with Crippen molar-refractivity contribution in [3.05, 3.63) is 36.6 Å². The molecule has 21 heavy (non-hydrogen) atoms. The van der Waals surface area contributed by atoms with Gasteiger partial charge in [-0.2, -0.15) is 0 Å². The fourth-order valence-corrected chi connectivity index (χ4v) is 1.75. The molecule has 1 aromatic heterocycles. The van der Waals surface area contributed by atoms with E-state index < -0.39 is 6.03 Å². The fraction of sp³-hybridized carbons (Fsp3) is 0.267. The Kier molecular flexibility index (Phi) is 5.09. The van der Waals surface area contributed by atoms with Crippen LogP contribution in [0.25, 0.3) is 0 Å². The molecule has 2 amide bonds. The Hall–Kier alpha value is -2.63. The van der Waals surface area contributed by atoms with Gasteiger partial charge in [0, 0.05) is 17.8 Å². The minimum absolute atomic E-state index is 0.378. The Labute approximate surface area is 123 Å². The maximum Gasteiger partial charge on any atom is 0.326 e. The van der Waals surface area contributed by atoms with E-state index >= 15 is 0 Å². The Morgan fingerprint density at radius 3 is 2.52 bits per heavy atom. The van der Waals surface area contributed by atoms with Crippen molar-refractivity contribution in [2.75, 3.05) is 23.8 Å². The summed E-state index contributed by atoms with van der Waals surface area (Å²) in [7, 11) is 0. The maximum atomic E-state index is 11.8. The molecule has 0 aliphatic rings. The van der Waals surface area contributed by atoms with Crippen molar-refractivity contribution in [1.82, 2.24) is 0 Å². The number of urea groups is 1. The van der Waals surface area contributed by atoms with Crippen molar-refractivity contribution in [3.63, 3.8) is 0 Å². The summed E-state index contributed by atoms with van der Waals surface area (Å²) in [6, 6.07) is 8.18. The molecule has 2 rings (SSSR count). The minimum Gasteiger partial charge on any atom is -0.490 e. The highest BCUT2D eigenvalue weighted by molar-refractivity contribution is 5.99. The second-order valence-electron chi connectivity index (χ2n) is 4.08. The van der Waals surface area contributed by atoms with Gasteiger partial charge in [-0.25, -0.2) is 4.79 Å². The van der Waals surface area contributed by atoms with Gasteiger partial charge in [0.2, 0.25) is 5.88 Å². The van der Waals surface area contributed by atoms with Crippen molar-refractivity contribution < 1.29 is 18.7 Å². The number of hydrogen-bond donors (Lipinski definition) is 2. The third-order valence-corrected chi connectivity index (χ3v) is 2.56. The number of rotatable bonds is 6. The summed E-state index contributed by atoms with van der Waals surface area (Å²) in [6.07, 6.45) is 1.49. The van der Waals surface area contributed by atoms with Gasteiger partial charge in [0.25, 0.3) is 0 Å². The van der Waals surface area contributed by atoms with Crippen LogP contribution in [0.3, 0.4) is 0 Å². The molecular formula is C15H18N2O4. The summed E-state index contributed by atoms with van der Waals surface area (Å²) in [5, 5.41) is 5.28. The quantitative estimate of drug-likeness (QED) is 0.850. The standard InChI is InChI=1S/C15H18N2O4/c1-3-19-12-8-7-11(10-13(12)20-4-2)16-15(18)17-14-6-5-9-21-14/h5-10H,3-4H2,1-2H3,(H2,16,17,18). The van der Waals surface area contributed by atoms with Gasteiger partial charge in [-0.1, -0.05) is 0 Å². The number of furan rings is 1. The molecule has 0 radical (unpaired) electrons. The average molecular weight is 290 g/mol. The Morgan fingerprint density at radius 2 is 1.86 bits per heavy atom. The molecule has 1 heterocycles. The van der Waals surface area contributed by atoms with Crippen molar-refractivity contribution in [3.8, 4) is 11.5 Å². The first-order chi connectivity index (χ1) is 10.2. The first kappa shape index (κ1) is 14.8. The number of amides is 2.